The molecule has 0 saturated heterocycles. The fourth-order valence-electron chi connectivity index (χ4n) is 2.29. The van der Waals surface area contributed by atoms with Crippen LogP contribution >= 0.6 is 0 Å². The standard InChI is InChI=1S/C19H20N2O4/c1-13-5-2-7-15(11-13)21-19(25)14-6-3-8-16(12-14)20-17(22)9-4-10-18(23)24/h2-3,5-8,11-12H,4,9-10H2,1H3,(H,20,22)(H,21,25)(H,23,24). The van der Waals surface area contributed by atoms with Crippen LogP contribution in [-0.4, -0.2) is 22.9 Å². The van der Waals surface area contributed by atoms with Crippen LogP contribution in [0.1, 0.15) is 35.2 Å². The predicted molar refractivity (Wildman–Crippen MR) is 95.7 cm³/mol. The first kappa shape index (κ1) is 18.2. The van der Waals surface area contributed by atoms with E-state index in [-0.39, 0.29) is 31.1 Å². The van der Waals surface area contributed by atoms with Crippen molar-refractivity contribution in [3.05, 3.63) is 59.7 Å². The van der Waals surface area contributed by atoms with Crippen LogP contribution in [0.2, 0.25) is 0 Å². The van der Waals surface area contributed by atoms with Gasteiger partial charge in [0.25, 0.3) is 5.91 Å². The average molecular weight is 340 g/mol. The van der Waals surface area contributed by atoms with E-state index in [0.717, 1.165) is 5.56 Å². The van der Waals surface area contributed by atoms with Gasteiger partial charge < -0.3 is 15.7 Å². The van der Waals surface area contributed by atoms with Gasteiger partial charge in [0.1, 0.15) is 0 Å². The number of carboxylic acid groups (broad SMARTS) is 1. The van der Waals surface area contributed by atoms with Gasteiger partial charge in [-0.2, -0.15) is 0 Å². The first-order valence-electron chi connectivity index (χ1n) is 7.94. The summed E-state index contributed by atoms with van der Waals surface area (Å²) in [6, 6.07) is 14.1. The Morgan fingerprint density at radius 1 is 0.920 bits per heavy atom. The predicted octanol–water partition coefficient (Wildman–Crippen LogP) is 3.44. The Labute approximate surface area is 145 Å². The zero-order valence-electron chi connectivity index (χ0n) is 13.9. The summed E-state index contributed by atoms with van der Waals surface area (Å²) in [5.74, 6) is -1.48. The zero-order valence-corrected chi connectivity index (χ0v) is 13.9. The lowest BCUT2D eigenvalue weighted by Crippen LogP contribution is -2.14. The molecule has 0 bridgehead atoms. The third-order valence-electron chi connectivity index (χ3n) is 3.48. The van der Waals surface area contributed by atoms with Crippen molar-refractivity contribution in [2.75, 3.05) is 10.6 Å². The van der Waals surface area contributed by atoms with E-state index in [0.29, 0.717) is 16.9 Å². The second-order valence-corrected chi connectivity index (χ2v) is 5.70. The van der Waals surface area contributed by atoms with E-state index in [4.69, 9.17) is 5.11 Å². The molecule has 2 amide bonds. The molecule has 0 aliphatic heterocycles. The molecular weight excluding hydrogens is 320 g/mol. The van der Waals surface area contributed by atoms with Crippen LogP contribution in [0.4, 0.5) is 11.4 Å². The third-order valence-corrected chi connectivity index (χ3v) is 3.48. The summed E-state index contributed by atoms with van der Waals surface area (Å²) in [5.41, 5.74) is 2.66. The maximum absolute atomic E-state index is 12.3. The summed E-state index contributed by atoms with van der Waals surface area (Å²) in [6.07, 6.45) is 0.340. The maximum atomic E-state index is 12.3. The van der Waals surface area contributed by atoms with E-state index in [1.54, 1.807) is 30.3 Å². The number of aliphatic carboxylic acids is 1. The molecule has 0 spiro atoms. The number of carbonyl (C=O) groups is 3. The molecule has 0 radical (unpaired) electrons. The van der Waals surface area contributed by atoms with Gasteiger partial charge in [-0.15, -0.1) is 0 Å². The molecular formula is C19H20N2O4. The molecule has 0 heterocycles. The van der Waals surface area contributed by atoms with Crippen molar-refractivity contribution < 1.29 is 19.5 Å². The fourth-order valence-corrected chi connectivity index (χ4v) is 2.29. The lowest BCUT2D eigenvalue weighted by atomic mass is 10.1. The van der Waals surface area contributed by atoms with Crippen molar-refractivity contribution in [3.63, 3.8) is 0 Å². The van der Waals surface area contributed by atoms with Crippen LogP contribution in [0.15, 0.2) is 48.5 Å². The second kappa shape index (κ2) is 8.63. The Hall–Kier alpha value is -3.15. The van der Waals surface area contributed by atoms with Gasteiger partial charge in [0.05, 0.1) is 0 Å². The quantitative estimate of drug-likeness (QED) is 0.719. The van der Waals surface area contributed by atoms with Gasteiger partial charge >= 0.3 is 5.97 Å². The molecule has 2 rings (SSSR count). The minimum Gasteiger partial charge on any atom is -0.481 e. The Morgan fingerprint density at radius 3 is 2.28 bits per heavy atom. The molecule has 0 aliphatic rings. The van der Waals surface area contributed by atoms with Gasteiger partial charge in [0.15, 0.2) is 0 Å². The van der Waals surface area contributed by atoms with Crippen LogP contribution in [0.25, 0.3) is 0 Å². The number of carboxylic acids is 1. The van der Waals surface area contributed by atoms with Crippen molar-refractivity contribution in [2.24, 2.45) is 0 Å². The molecule has 25 heavy (non-hydrogen) atoms. The molecule has 0 unspecified atom stereocenters. The lowest BCUT2D eigenvalue weighted by Gasteiger charge is -2.09. The van der Waals surface area contributed by atoms with Crippen LogP contribution in [0, 0.1) is 6.92 Å². The van der Waals surface area contributed by atoms with Gasteiger partial charge in [-0.05, 0) is 49.2 Å². The molecule has 2 aromatic rings. The van der Waals surface area contributed by atoms with E-state index in [2.05, 4.69) is 10.6 Å². The van der Waals surface area contributed by atoms with Crippen LogP contribution in [-0.2, 0) is 9.59 Å². The molecule has 0 aliphatic carbocycles. The van der Waals surface area contributed by atoms with E-state index in [1.165, 1.54) is 0 Å². The first-order valence-corrected chi connectivity index (χ1v) is 7.94. The summed E-state index contributed by atoms with van der Waals surface area (Å²) in [7, 11) is 0. The second-order valence-electron chi connectivity index (χ2n) is 5.70. The molecule has 0 atom stereocenters. The highest BCUT2D eigenvalue weighted by atomic mass is 16.4. The first-order chi connectivity index (χ1) is 11.9. The molecule has 3 N–H and O–H groups in total. The summed E-state index contributed by atoms with van der Waals surface area (Å²) in [5, 5.41) is 14.1. The third kappa shape index (κ3) is 6.10. The van der Waals surface area contributed by atoms with Crippen LogP contribution in [0.5, 0.6) is 0 Å². The molecule has 0 fully saturated rings. The minimum atomic E-state index is -0.928. The SMILES string of the molecule is Cc1cccc(NC(=O)c2cccc(NC(=O)CCCC(=O)O)c2)c1. The van der Waals surface area contributed by atoms with E-state index in [1.807, 2.05) is 25.1 Å². The number of rotatable bonds is 7. The number of amides is 2. The molecule has 130 valence electrons. The van der Waals surface area contributed by atoms with Crippen molar-refractivity contribution in [1.82, 2.24) is 0 Å². The highest BCUT2D eigenvalue weighted by Gasteiger charge is 2.09. The fraction of sp³-hybridized carbons (Fsp3) is 0.211. The molecule has 6 nitrogen and oxygen atoms in total. The smallest absolute Gasteiger partial charge is 0.303 e. The van der Waals surface area contributed by atoms with Crippen molar-refractivity contribution in [2.45, 2.75) is 26.2 Å². The van der Waals surface area contributed by atoms with Crippen LogP contribution < -0.4 is 10.6 Å². The van der Waals surface area contributed by atoms with E-state index in [9.17, 15) is 14.4 Å². The highest BCUT2D eigenvalue weighted by molar-refractivity contribution is 6.05. The van der Waals surface area contributed by atoms with E-state index < -0.39 is 5.97 Å². The maximum Gasteiger partial charge on any atom is 0.303 e. The molecule has 6 heteroatoms. The van der Waals surface area contributed by atoms with E-state index >= 15 is 0 Å². The topological polar surface area (TPSA) is 95.5 Å². The van der Waals surface area contributed by atoms with Gasteiger partial charge in [-0.25, -0.2) is 0 Å². The minimum absolute atomic E-state index is 0.0492. The Balaban J connectivity index is 1.96. The largest absolute Gasteiger partial charge is 0.481 e. The number of aryl methyl sites for hydroxylation is 1. The number of carbonyl (C=O) groups excluding carboxylic acids is 2. The number of hydrogen-bond acceptors (Lipinski definition) is 3. The summed E-state index contributed by atoms with van der Waals surface area (Å²) in [4.78, 5) is 34.6. The lowest BCUT2D eigenvalue weighted by molar-refractivity contribution is -0.137. The van der Waals surface area contributed by atoms with Gasteiger partial charge in [0.2, 0.25) is 5.91 Å². The van der Waals surface area contributed by atoms with Crippen molar-refractivity contribution in [3.8, 4) is 0 Å². The Bertz CT molecular complexity index is 786. The molecule has 0 saturated carbocycles. The van der Waals surface area contributed by atoms with Crippen molar-refractivity contribution in [1.29, 1.82) is 0 Å². The summed E-state index contributed by atoms with van der Waals surface area (Å²) in [6.45, 7) is 1.94. The number of nitrogens with one attached hydrogen (secondary N) is 2. The Morgan fingerprint density at radius 2 is 1.60 bits per heavy atom. The monoisotopic (exact) mass is 340 g/mol. The van der Waals surface area contributed by atoms with Gasteiger partial charge in [-0.3, -0.25) is 14.4 Å². The molecule has 0 aromatic heterocycles. The van der Waals surface area contributed by atoms with Gasteiger partial charge in [0, 0.05) is 29.8 Å². The number of anilines is 2. The Kier molecular flexibility index (Phi) is 6.28. The summed E-state index contributed by atoms with van der Waals surface area (Å²) >= 11 is 0. The van der Waals surface area contributed by atoms with Crippen LogP contribution in [0.3, 0.4) is 0 Å². The normalized spacial score (nSPS) is 10.1. The highest BCUT2D eigenvalue weighted by Crippen LogP contribution is 2.15. The van der Waals surface area contributed by atoms with Gasteiger partial charge in [-0.1, -0.05) is 18.2 Å². The zero-order chi connectivity index (χ0) is 18.2. The number of hydrogen-bond donors (Lipinski definition) is 3. The summed E-state index contributed by atoms with van der Waals surface area (Å²) < 4.78 is 0. The number of benzene rings is 2. The average Bonchev–Trinajstić information content (AvgIpc) is 2.54. The van der Waals surface area contributed by atoms with Crippen molar-refractivity contribution >= 4 is 29.2 Å². The molecule has 2 aromatic carbocycles.